The number of nitrogens with one attached hydrogen (secondary N) is 1. The van der Waals surface area contributed by atoms with Crippen molar-refractivity contribution in [3.8, 4) is 0 Å². The van der Waals surface area contributed by atoms with E-state index in [1.807, 2.05) is 0 Å². The molecule has 1 aromatic carbocycles. The van der Waals surface area contributed by atoms with Crippen LogP contribution >= 0.6 is 0 Å². The molecule has 1 aliphatic rings. The van der Waals surface area contributed by atoms with Crippen molar-refractivity contribution in [1.82, 2.24) is 19.6 Å². The number of carbonyl (C=O) groups is 6. The predicted octanol–water partition coefficient (Wildman–Crippen LogP) is -0.968. The molecular formula is C26H37N5O11. The maximum atomic E-state index is 12.6. The van der Waals surface area contributed by atoms with Gasteiger partial charge in [0.05, 0.1) is 25.2 Å². The van der Waals surface area contributed by atoms with Gasteiger partial charge in [0, 0.05) is 64.5 Å². The first-order chi connectivity index (χ1) is 19.8. The van der Waals surface area contributed by atoms with Crippen LogP contribution in [0.25, 0.3) is 0 Å². The molecule has 1 unspecified atom stereocenters. The van der Waals surface area contributed by atoms with Gasteiger partial charge >= 0.3 is 29.8 Å². The molecule has 1 aliphatic heterocycles. The number of aromatic carboxylic acids is 1. The normalized spacial score (nSPS) is 17.3. The van der Waals surface area contributed by atoms with Gasteiger partial charge in [0.15, 0.2) is 0 Å². The Hall–Kier alpha value is -4.12. The van der Waals surface area contributed by atoms with Crippen molar-refractivity contribution in [1.29, 1.82) is 0 Å². The third-order valence-corrected chi connectivity index (χ3v) is 6.73. The molecule has 232 valence electrons. The Bertz CT molecular complexity index is 1080. The van der Waals surface area contributed by atoms with Gasteiger partial charge in [-0.25, -0.2) is 4.79 Å². The van der Waals surface area contributed by atoms with Gasteiger partial charge in [-0.3, -0.25) is 43.6 Å². The van der Waals surface area contributed by atoms with Gasteiger partial charge in [0.25, 0.3) is 0 Å². The molecule has 16 heteroatoms. The summed E-state index contributed by atoms with van der Waals surface area (Å²) in [7, 11) is 0. The summed E-state index contributed by atoms with van der Waals surface area (Å²) in [6.07, 6.45) is -0.283. The molecule has 1 heterocycles. The molecule has 0 spiro atoms. The third kappa shape index (κ3) is 12.6. The predicted molar refractivity (Wildman–Crippen MR) is 146 cm³/mol. The first-order valence-electron chi connectivity index (χ1n) is 13.3. The second-order valence-corrected chi connectivity index (χ2v) is 9.87. The Morgan fingerprint density at radius 1 is 0.643 bits per heavy atom. The summed E-state index contributed by atoms with van der Waals surface area (Å²) in [6.45, 7) is 0.260. The molecule has 6 N–H and O–H groups in total. The quantitative estimate of drug-likeness (QED) is 0.161. The molecule has 1 fully saturated rings. The van der Waals surface area contributed by atoms with Gasteiger partial charge in [-0.05, 0) is 30.7 Å². The zero-order chi connectivity index (χ0) is 31.2. The highest BCUT2D eigenvalue weighted by atomic mass is 16.4. The van der Waals surface area contributed by atoms with Crippen LogP contribution in [-0.2, 0) is 24.0 Å². The van der Waals surface area contributed by atoms with Crippen molar-refractivity contribution in [2.24, 2.45) is 0 Å². The number of carbonyl (C=O) groups excluding carboxylic acids is 1. The molecule has 0 radical (unpaired) electrons. The van der Waals surface area contributed by atoms with Gasteiger partial charge in [0.1, 0.15) is 6.04 Å². The Labute approximate surface area is 241 Å². The van der Waals surface area contributed by atoms with E-state index in [9.17, 15) is 49.2 Å². The molecule has 42 heavy (non-hydrogen) atoms. The molecule has 0 aromatic heterocycles. The summed E-state index contributed by atoms with van der Waals surface area (Å²) in [6, 6.07) is 4.33. The largest absolute Gasteiger partial charge is 0.480 e. The van der Waals surface area contributed by atoms with Crippen molar-refractivity contribution in [2.75, 3.05) is 77.3 Å². The number of hydrogen-bond donors (Lipinski definition) is 6. The smallest absolute Gasteiger partial charge is 0.335 e. The molecule has 1 amide bonds. The van der Waals surface area contributed by atoms with Crippen molar-refractivity contribution in [2.45, 2.75) is 18.9 Å². The van der Waals surface area contributed by atoms with Crippen LogP contribution in [0.1, 0.15) is 23.2 Å². The van der Waals surface area contributed by atoms with Crippen LogP contribution in [0, 0.1) is 0 Å². The van der Waals surface area contributed by atoms with Crippen molar-refractivity contribution in [3.63, 3.8) is 0 Å². The summed E-state index contributed by atoms with van der Waals surface area (Å²) < 4.78 is 0. The molecule has 1 aromatic rings. The lowest BCUT2D eigenvalue weighted by molar-refractivity contribution is -0.145. The van der Waals surface area contributed by atoms with Gasteiger partial charge in [-0.1, -0.05) is 0 Å². The van der Waals surface area contributed by atoms with Gasteiger partial charge < -0.3 is 30.8 Å². The van der Waals surface area contributed by atoms with Crippen LogP contribution in [-0.4, -0.2) is 159 Å². The van der Waals surface area contributed by atoms with E-state index in [1.165, 1.54) is 24.3 Å². The minimum Gasteiger partial charge on any atom is -0.480 e. The van der Waals surface area contributed by atoms with E-state index in [0.717, 1.165) is 0 Å². The summed E-state index contributed by atoms with van der Waals surface area (Å²) in [5.74, 6) is -6.10. The molecule has 0 bridgehead atoms. The van der Waals surface area contributed by atoms with E-state index >= 15 is 0 Å². The van der Waals surface area contributed by atoms with Crippen LogP contribution in [0.15, 0.2) is 24.3 Å². The maximum Gasteiger partial charge on any atom is 0.335 e. The number of anilines is 1. The average molecular weight is 596 g/mol. The fourth-order valence-corrected chi connectivity index (χ4v) is 4.56. The topological polar surface area (TPSA) is 229 Å². The number of hydrogen-bond acceptors (Lipinski definition) is 10. The van der Waals surface area contributed by atoms with E-state index in [-0.39, 0.29) is 90.4 Å². The number of aliphatic carboxylic acids is 4. The van der Waals surface area contributed by atoms with Crippen LogP contribution in [0.3, 0.4) is 0 Å². The molecule has 1 saturated heterocycles. The Balaban J connectivity index is 2.18. The minimum atomic E-state index is -1.21. The summed E-state index contributed by atoms with van der Waals surface area (Å²) >= 11 is 0. The van der Waals surface area contributed by atoms with Crippen molar-refractivity contribution >= 4 is 41.4 Å². The summed E-state index contributed by atoms with van der Waals surface area (Å²) in [5, 5.41) is 49.6. The Morgan fingerprint density at radius 2 is 1.05 bits per heavy atom. The Morgan fingerprint density at radius 3 is 1.40 bits per heavy atom. The first kappa shape index (κ1) is 34.1. The summed E-state index contributed by atoms with van der Waals surface area (Å²) in [5.41, 5.74) is 0.381. The lowest BCUT2D eigenvalue weighted by Crippen LogP contribution is -2.52. The maximum absolute atomic E-state index is 12.6. The number of carboxylic acid groups (broad SMARTS) is 5. The highest BCUT2D eigenvalue weighted by Crippen LogP contribution is 2.14. The lowest BCUT2D eigenvalue weighted by Gasteiger charge is -2.35. The van der Waals surface area contributed by atoms with E-state index in [0.29, 0.717) is 5.69 Å². The van der Waals surface area contributed by atoms with Gasteiger partial charge in [-0.2, -0.15) is 0 Å². The van der Waals surface area contributed by atoms with Crippen LogP contribution in [0.5, 0.6) is 0 Å². The first-order valence-corrected chi connectivity index (χ1v) is 13.3. The highest BCUT2D eigenvalue weighted by Gasteiger charge is 2.28. The molecule has 16 nitrogen and oxygen atoms in total. The molecule has 1 atom stereocenters. The Kier molecular flexibility index (Phi) is 13.8. The second-order valence-electron chi connectivity index (χ2n) is 9.87. The van der Waals surface area contributed by atoms with Crippen LogP contribution in [0.4, 0.5) is 5.69 Å². The van der Waals surface area contributed by atoms with Crippen molar-refractivity contribution < 1.29 is 54.3 Å². The fourth-order valence-electron chi connectivity index (χ4n) is 4.56. The molecule has 2 rings (SSSR count). The second kappa shape index (κ2) is 17.0. The zero-order valence-corrected chi connectivity index (χ0v) is 23.1. The van der Waals surface area contributed by atoms with Gasteiger partial charge in [0.2, 0.25) is 5.91 Å². The van der Waals surface area contributed by atoms with E-state index < -0.39 is 41.8 Å². The van der Waals surface area contributed by atoms with Crippen LogP contribution in [0.2, 0.25) is 0 Å². The van der Waals surface area contributed by atoms with Crippen molar-refractivity contribution in [3.05, 3.63) is 29.8 Å². The number of nitrogens with zero attached hydrogens (tertiary/aromatic N) is 4. The summed E-state index contributed by atoms with van der Waals surface area (Å²) in [4.78, 5) is 76.5. The van der Waals surface area contributed by atoms with Crippen LogP contribution < -0.4 is 5.32 Å². The number of rotatable bonds is 13. The molecular weight excluding hydrogens is 558 g/mol. The average Bonchev–Trinajstić information content (AvgIpc) is 2.89. The standard InChI is InChI=1S/C26H37N5O11/c32-21(27-19-3-1-18(2-4-19)25(39)40)6-5-20(26(41)42)31-13-11-29(16-23(35)36)9-7-28(15-22(33)34)8-10-30(12-14-31)17-24(37)38/h1-4,20H,5-17H2,(H,27,32)(H,33,34)(H,35,36)(H,37,38)(H,39,40)(H,41,42). The lowest BCUT2D eigenvalue weighted by atomic mass is 10.1. The number of benzene rings is 1. The van der Waals surface area contributed by atoms with E-state index in [2.05, 4.69) is 5.32 Å². The third-order valence-electron chi connectivity index (χ3n) is 6.73. The molecule has 0 aliphatic carbocycles. The SMILES string of the molecule is O=C(O)CN1CCN(CC(=O)O)CCN(C(CCC(=O)Nc2ccc(C(=O)O)cc2)C(=O)O)CCN(CC(=O)O)CC1. The minimum absolute atomic E-state index is 0.0396. The number of carboxylic acids is 5. The number of amides is 1. The van der Waals surface area contributed by atoms with E-state index in [4.69, 9.17) is 5.11 Å². The monoisotopic (exact) mass is 595 g/mol. The highest BCUT2D eigenvalue weighted by molar-refractivity contribution is 5.92. The molecule has 0 saturated carbocycles. The van der Waals surface area contributed by atoms with E-state index in [1.54, 1.807) is 19.6 Å². The fraction of sp³-hybridized carbons (Fsp3) is 0.538. The zero-order valence-electron chi connectivity index (χ0n) is 23.1. The van der Waals surface area contributed by atoms with Gasteiger partial charge in [-0.15, -0.1) is 0 Å².